The Labute approximate surface area is 701 Å². The van der Waals surface area contributed by atoms with Gasteiger partial charge in [0.05, 0.1) is 27.6 Å². The average Bonchev–Trinajstić information content (AvgIpc) is 1.51. The molecule has 5 aliphatic rings. The Morgan fingerprint density at radius 1 is 0.248 bits per heavy atom. The molecule has 0 saturated heterocycles. The summed E-state index contributed by atoms with van der Waals surface area (Å²) < 4.78 is 35.7. The molecule has 0 N–H and O–H groups in total. The van der Waals surface area contributed by atoms with Crippen molar-refractivity contribution in [2.24, 2.45) is 0 Å². The topological polar surface area (TPSA) is 11.4 Å². The van der Waals surface area contributed by atoms with E-state index in [4.69, 9.17) is 0 Å². The number of rotatable bonds is 13. The highest BCUT2D eigenvalue weighted by atomic mass is 19.1. The van der Waals surface area contributed by atoms with E-state index in [-0.39, 0.29) is 17.0 Å². The van der Waals surface area contributed by atoms with Crippen LogP contribution in [0, 0.1) is 11.6 Å². The predicted molar refractivity (Wildman–Crippen MR) is 496 cm³/mol. The molecule has 0 aliphatic heterocycles. The summed E-state index contributed by atoms with van der Waals surface area (Å²) in [4.78, 5) is 4.56. The second-order valence-corrected chi connectivity index (χ2v) is 32.6. The van der Waals surface area contributed by atoms with Crippen molar-refractivity contribution in [2.75, 3.05) is 9.80 Å². The van der Waals surface area contributed by atoms with E-state index in [0.717, 1.165) is 147 Å². The summed E-state index contributed by atoms with van der Waals surface area (Å²) in [5.41, 5.74) is 39.7. The molecule has 3 nitrogen and oxygen atoms in total. The van der Waals surface area contributed by atoms with Gasteiger partial charge in [0.1, 0.15) is 11.6 Å². The van der Waals surface area contributed by atoms with Gasteiger partial charge in [-0.2, -0.15) is 0 Å². The van der Waals surface area contributed by atoms with Crippen LogP contribution in [-0.2, 0) is 10.8 Å². The van der Waals surface area contributed by atoms with Crippen LogP contribution in [0.4, 0.5) is 42.9 Å². The summed E-state index contributed by atoms with van der Waals surface area (Å²) in [6, 6.07) is 149. The van der Waals surface area contributed by atoms with Crippen LogP contribution < -0.4 is 9.80 Å². The first-order valence-corrected chi connectivity index (χ1v) is 41.9. The lowest BCUT2D eigenvalue weighted by atomic mass is 9.69. The van der Waals surface area contributed by atoms with Gasteiger partial charge < -0.3 is 14.4 Å². The fraction of sp³-hybridized carbons (Fsp3) is 0.0345. The minimum Gasteiger partial charge on any atom is -0.311 e. The SMILES string of the molecule is Fc1ccc2c(c1)C1(c3ccccc3-c3ccccc31)c1cc(F)cc(N(c3ccc(-c4ccccc4)cc3)c3ccc(-c4ccc(-c5ccc(-c6ccc(N(c7ccc(-c8ccc9c(c8)c8ccccc8n9-c8ccccc8)cc7)c7ccc(-c8cccc9c8-c8ccccc8C98C9=C(CCC=C9)c9ccccc98)cc7)cc6)cc5)cc4)cc3)c1-2. The van der Waals surface area contributed by atoms with Gasteiger partial charge in [0.2, 0.25) is 0 Å². The van der Waals surface area contributed by atoms with Crippen molar-refractivity contribution in [1.82, 2.24) is 4.57 Å². The number of halogens is 2. The van der Waals surface area contributed by atoms with E-state index in [9.17, 15) is 0 Å². The van der Waals surface area contributed by atoms with Crippen LogP contribution in [0.2, 0.25) is 0 Å². The smallest absolute Gasteiger partial charge is 0.125 e. The van der Waals surface area contributed by atoms with Crippen molar-refractivity contribution in [2.45, 2.75) is 23.7 Å². The highest BCUT2D eigenvalue weighted by Crippen LogP contribution is 2.67. The maximum Gasteiger partial charge on any atom is 0.125 e. The summed E-state index contributed by atoms with van der Waals surface area (Å²) in [5.74, 6) is -0.711. The summed E-state index contributed by atoms with van der Waals surface area (Å²) >= 11 is 0. The molecule has 1 unspecified atom stereocenters. The van der Waals surface area contributed by atoms with Crippen molar-refractivity contribution < 1.29 is 8.78 Å². The fourth-order valence-electron chi connectivity index (χ4n) is 21.2. The van der Waals surface area contributed by atoms with Crippen LogP contribution in [0.1, 0.15) is 57.3 Å². The molecule has 0 saturated carbocycles. The number of hydrogen-bond donors (Lipinski definition) is 0. The van der Waals surface area contributed by atoms with E-state index >= 15 is 8.78 Å². The Morgan fingerprint density at radius 3 is 1.22 bits per heavy atom. The van der Waals surface area contributed by atoms with Crippen LogP contribution in [0.25, 0.3) is 133 Å². The molecular formula is C116H75F2N3. The first kappa shape index (κ1) is 70.0. The number of aromatic nitrogens is 1. The van der Waals surface area contributed by atoms with Gasteiger partial charge in [-0.3, -0.25) is 0 Å². The lowest BCUT2D eigenvalue weighted by Crippen LogP contribution is -2.27. The molecule has 121 heavy (non-hydrogen) atoms. The lowest BCUT2D eigenvalue weighted by Gasteiger charge is -2.32. The molecule has 0 amide bonds. The van der Waals surface area contributed by atoms with Gasteiger partial charge in [-0.1, -0.05) is 315 Å². The maximum absolute atomic E-state index is 17.2. The third-order valence-electron chi connectivity index (χ3n) is 26.5. The van der Waals surface area contributed by atoms with E-state index in [1.54, 1.807) is 18.2 Å². The summed E-state index contributed by atoms with van der Waals surface area (Å²) in [6.07, 6.45) is 6.92. The zero-order chi connectivity index (χ0) is 80.0. The largest absolute Gasteiger partial charge is 0.311 e. The number of nitrogens with zero attached hydrogens (tertiary/aromatic N) is 3. The van der Waals surface area contributed by atoms with Crippen molar-refractivity contribution >= 4 is 61.5 Å². The summed E-state index contributed by atoms with van der Waals surface area (Å²) in [7, 11) is 0. The van der Waals surface area contributed by atoms with Crippen molar-refractivity contribution in [3.63, 3.8) is 0 Å². The number of fused-ring (bicyclic) bond motifs is 22. The first-order chi connectivity index (χ1) is 59.8. The molecule has 5 aliphatic carbocycles. The average molecular weight is 1550 g/mol. The molecule has 0 fully saturated rings. The van der Waals surface area contributed by atoms with Crippen LogP contribution in [0.3, 0.4) is 0 Å². The minimum atomic E-state index is -0.958. The molecule has 1 atom stereocenters. The lowest BCUT2D eigenvalue weighted by molar-refractivity contribution is 0.618. The quantitative estimate of drug-likeness (QED) is 0.114. The third kappa shape index (κ3) is 10.7. The van der Waals surface area contributed by atoms with Gasteiger partial charge in [-0.15, -0.1) is 0 Å². The van der Waals surface area contributed by atoms with Gasteiger partial charge in [0.15, 0.2) is 0 Å². The van der Waals surface area contributed by atoms with Gasteiger partial charge in [0.25, 0.3) is 0 Å². The van der Waals surface area contributed by atoms with E-state index < -0.39 is 5.41 Å². The number of para-hydroxylation sites is 2. The molecule has 568 valence electrons. The Balaban J connectivity index is 0.544. The van der Waals surface area contributed by atoms with E-state index in [1.165, 1.54) is 83.5 Å². The molecular weight excluding hydrogens is 1470 g/mol. The highest BCUT2D eigenvalue weighted by molar-refractivity contribution is 6.11. The Kier molecular flexibility index (Phi) is 16.0. The van der Waals surface area contributed by atoms with Gasteiger partial charge in [-0.05, 0) is 278 Å². The van der Waals surface area contributed by atoms with Crippen LogP contribution in [-0.4, -0.2) is 4.57 Å². The highest BCUT2D eigenvalue weighted by Gasteiger charge is 2.55. The monoisotopic (exact) mass is 1550 g/mol. The summed E-state index contributed by atoms with van der Waals surface area (Å²) in [5, 5.41) is 2.45. The maximum atomic E-state index is 17.2. The molecule has 0 radical (unpaired) electrons. The Morgan fingerprint density at radius 2 is 0.653 bits per heavy atom. The van der Waals surface area contributed by atoms with Crippen molar-refractivity contribution in [3.05, 3.63) is 492 Å². The second kappa shape index (κ2) is 27.7. The van der Waals surface area contributed by atoms with Crippen LogP contribution >= 0.6 is 0 Å². The normalized spacial score (nSPS) is 14.5. The molecule has 18 aromatic carbocycles. The zero-order valence-electron chi connectivity index (χ0n) is 66.0. The van der Waals surface area contributed by atoms with E-state index in [0.29, 0.717) is 5.69 Å². The number of hydrogen-bond acceptors (Lipinski definition) is 2. The van der Waals surface area contributed by atoms with Crippen LogP contribution in [0.5, 0.6) is 0 Å². The number of benzene rings is 18. The molecule has 2 spiro atoms. The number of anilines is 6. The first-order valence-electron chi connectivity index (χ1n) is 41.9. The molecule has 24 rings (SSSR count). The number of allylic oxidation sites excluding steroid dienone is 4. The van der Waals surface area contributed by atoms with E-state index in [2.05, 4.69) is 372 Å². The van der Waals surface area contributed by atoms with Gasteiger partial charge in [0, 0.05) is 50.5 Å². The molecule has 19 aromatic rings. The zero-order valence-corrected chi connectivity index (χ0v) is 66.0. The van der Waals surface area contributed by atoms with Crippen molar-refractivity contribution in [3.8, 4) is 106 Å². The van der Waals surface area contributed by atoms with Crippen LogP contribution in [0.15, 0.2) is 436 Å². The third-order valence-corrected chi connectivity index (χ3v) is 26.5. The summed E-state index contributed by atoms with van der Waals surface area (Å²) in [6.45, 7) is 0. The van der Waals surface area contributed by atoms with Crippen molar-refractivity contribution in [1.29, 1.82) is 0 Å². The molecule has 0 bridgehead atoms. The standard InChI is InChI=1S/C116H75F2N3/c117-85-57-68-100-108(71-85)116(104-33-15-9-26-96(104)97-27-10-16-34-105(97)116)109-72-86(118)73-112(114(100)109)120(91-62-48-79(49-63-91)74-20-3-1-4-21-74)92-64-50-81(51-65-92)78-44-40-76(41-45-78)75-38-42-77(43-39-75)80-46-58-88(59-47-80)119(89-60-52-82(53-61-89)84-56-69-111-101(70-84)98-28-12-18-37-110(98)121(111)87-22-5-2-6-23-87)90-66-54-83(55-67-90)93-30-19-36-107-113(93)99-29-11-17-35-106(99)115(107)102-31-13-7-24-94(102)95-25-8-14-32-103(95)115/h1-7,9-24,26-73H,8,25H2. The van der Waals surface area contributed by atoms with Gasteiger partial charge in [-0.25, -0.2) is 8.78 Å². The van der Waals surface area contributed by atoms with Gasteiger partial charge >= 0.3 is 0 Å². The Hall–Kier alpha value is -15.3. The minimum absolute atomic E-state index is 0.337. The predicted octanol–water partition coefficient (Wildman–Crippen LogP) is 30.8. The fourth-order valence-corrected chi connectivity index (χ4v) is 21.2. The molecule has 1 heterocycles. The second-order valence-electron chi connectivity index (χ2n) is 32.6. The molecule has 5 heteroatoms. The molecule has 1 aromatic heterocycles. The Bertz CT molecular complexity index is 7420. The van der Waals surface area contributed by atoms with E-state index in [1.807, 2.05) is 48.5 Å².